The van der Waals surface area contributed by atoms with E-state index < -0.39 is 5.82 Å². The lowest BCUT2D eigenvalue weighted by Gasteiger charge is -2.35. The van der Waals surface area contributed by atoms with E-state index in [2.05, 4.69) is 27.5 Å². The summed E-state index contributed by atoms with van der Waals surface area (Å²) in [6.07, 6.45) is 6.07. The standard InChI is InChI=1S/C23H35FN8O/c1-3-19(18-5-4-10-27-18)32(16-8-9-20(33-2)17(24)12-16)23-30-21(26)29-22(31-23)28-13-14-6-7-15(25)11-14/h8-9,12,14-15,18-19,27H,3-7,10-11,13,25H2,1-2H3,(H3,26,28,29,30,31). The third kappa shape index (κ3) is 5.44. The van der Waals surface area contributed by atoms with Crippen molar-refractivity contribution in [3.63, 3.8) is 0 Å². The van der Waals surface area contributed by atoms with Crippen molar-refractivity contribution < 1.29 is 9.13 Å². The lowest BCUT2D eigenvalue weighted by molar-refractivity contribution is 0.386. The Bertz CT molecular complexity index is 939. The van der Waals surface area contributed by atoms with Crippen molar-refractivity contribution in [3.05, 3.63) is 24.0 Å². The molecule has 1 aromatic carbocycles. The van der Waals surface area contributed by atoms with Crippen LogP contribution in [-0.4, -0.2) is 53.3 Å². The Balaban J connectivity index is 1.67. The van der Waals surface area contributed by atoms with Crippen LogP contribution in [0.3, 0.4) is 0 Å². The highest BCUT2D eigenvalue weighted by Gasteiger charge is 2.32. The Labute approximate surface area is 194 Å². The number of anilines is 4. The molecule has 0 bridgehead atoms. The van der Waals surface area contributed by atoms with Crippen LogP contribution in [0, 0.1) is 11.7 Å². The first-order valence-electron chi connectivity index (χ1n) is 11.9. The largest absolute Gasteiger partial charge is 0.494 e. The second kappa shape index (κ2) is 10.5. The van der Waals surface area contributed by atoms with Crippen LogP contribution < -0.4 is 31.7 Å². The molecule has 2 aliphatic rings. The van der Waals surface area contributed by atoms with Gasteiger partial charge in [0.1, 0.15) is 0 Å². The van der Waals surface area contributed by atoms with Crippen LogP contribution in [0.25, 0.3) is 0 Å². The van der Waals surface area contributed by atoms with E-state index in [1.54, 1.807) is 6.07 Å². The van der Waals surface area contributed by atoms with Gasteiger partial charge in [-0.05, 0) is 63.1 Å². The van der Waals surface area contributed by atoms with E-state index in [1.165, 1.54) is 13.2 Å². The van der Waals surface area contributed by atoms with E-state index in [4.69, 9.17) is 21.2 Å². The lowest BCUT2D eigenvalue weighted by Crippen LogP contribution is -2.46. The highest BCUT2D eigenvalue weighted by molar-refractivity contribution is 5.61. The molecule has 4 atom stereocenters. The number of aromatic nitrogens is 3. The number of halogens is 1. The number of methoxy groups -OCH3 is 1. The van der Waals surface area contributed by atoms with Crippen LogP contribution in [0.1, 0.15) is 45.4 Å². The van der Waals surface area contributed by atoms with Gasteiger partial charge >= 0.3 is 0 Å². The number of benzene rings is 1. The van der Waals surface area contributed by atoms with E-state index >= 15 is 0 Å². The van der Waals surface area contributed by atoms with Crippen LogP contribution in [0.2, 0.25) is 0 Å². The van der Waals surface area contributed by atoms with Gasteiger partial charge in [-0.15, -0.1) is 0 Å². The predicted octanol–water partition coefficient (Wildman–Crippen LogP) is 2.81. The normalized spacial score (nSPS) is 23.5. The Kier molecular flexibility index (Phi) is 7.44. The molecular weight excluding hydrogens is 423 g/mol. The van der Waals surface area contributed by atoms with Crippen molar-refractivity contribution in [2.24, 2.45) is 11.7 Å². The number of nitrogens with one attached hydrogen (secondary N) is 2. The lowest BCUT2D eigenvalue weighted by atomic mass is 10.0. The Morgan fingerprint density at radius 3 is 2.76 bits per heavy atom. The van der Waals surface area contributed by atoms with Gasteiger partial charge in [-0.1, -0.05) is 6.92 Å². The van der Waals surface area contributed by atoms with Gasteiger partial charge in [0.25, 0.3) is 0 Å². The van der Waals surface area contributed by atoms with Crippen LogP contribution in [0.5, 0.6) is 5.75 Å². The van der Waals surface area contributed by atoms with Crippen molar-refractivity contribution in [2.75, 3.05) is 36.1 Å². The highest BCUT2D eigenvalue weighted by atomic mass is 19.1. The summed E-state index contributed by atoms with van der Waals surface area (Å²) in [5, 5.41) is 6.89. The summed E-state index contributed by atoms with van der Waals surface area (Å²) < 4.78 is 19.8. The van der Waals surface area contributed by atoms with Crippen LogP contribution in [0.4, 0.5) is 27.9 Å². The maximum Gasteiger partial charge on any atom is 0.236 e. The fraction of sp³-hybridized carbons (Fsp3) is 0.609. The molecule has 2 heterocycles. The second-order valence-electron chi connectivity index (χ2n) is 9.00. The van der Waals surface area contributed by atoms with E-state index in [0.717, 1.165) is 51.6 Å². The van der Waals surface area contributed by atoms with E-state index in [0.29, 0.717) is 23.5 Å². The number of nitrogens with two attached hydrogens (primary N) is 2. The molecule has 0 radical (unpaired) electrons. The summed E-state index contributed by atoms with van der Waals surface area (Å²) >= 11 is 0. The molecule has 0 amide bonds. The molecule has 10 heteroatoms. The summed E-state index contributed by atoms with van der Waals surface area (Å²) in [6.45, 7) is 3.81. The molecule has 2 aromatic rings. The summed E-state index contributed by atoms with van der Waals surface area (Å²) in [6, 6.07) is 5.42. The zero-order valence-corrected chi connectivity index (χ0v) is 19.4. The van der Waals surface area contributed by atoms with E-state index in [-0.39, 0.29) is 29.8 Å². The third-order valence-electron chi connectivity index (χ3n) is 6.71. The quantitative estimate of drug-likeness (QED) is 0.448. The van der Waals surface area contributed by atoms with Gasteiger partial charge < -0.3 is 31.7 Å². The molecule has 1 aromatic heterocycles. The van der Waals surface area contributed by atoms with Crippen molar-refractivity contribution in [2.45, 2.75) is 63.6 Å². The summed E-state index contributed by atoms with van der Waals surface area (Å²) in [5.41, 5.74) is 12.8. The molecule has 1 aliphatic heterocycles. The van der Waals surface area contributed by atoms with Gasteiger partial charge in [-0.2, -0.15) is 15.0 Å². The van der Waals surface area contributed by atoms with E-state index in [9.17, 15) is 4.39 Å². The van der Waals surface area contributed by atoms with Gasteiger partial charge in [0, 0.05) is 30.4 Å². The minimum atomic E-state index is -0.438. The summed E-state index contributed by atoms with van der Waals surface area (Å²) in [4.78, 5) is 15.4. The molecule has 4 rings (SSSR count). The second-order valence-corrected chi connectivity index (χ2v) is 9.00. The van der Waals surface area contributed by atoms with Crippen molar-refractivity contribution in [1.82, 2.24) is 20.3 Å². The fourth-order valence-corrected chi connectivity index (χ4v) is 5.05. The number of hydrogen-bond acceptors (Lipinski definition) is 9. The molecule has 180 valence electrons. The predicted molar refractivity (Wildman–Crippen MR) is 128 cm³/mol. The monoisotopic (exact) mass is 458 g/mol. The summed E-state index contributed by atoms with van der Waals surface area (Å²) in [7, 11) is 1.45. The molecule has 33 heavy (non-hydrogen) atoms. The molecule has 1 aliphatic carbocycles. The minimum Gasteiger partial charge on any atom is -0.494 e. The number of ether oxygens (including phenoxy) is 1. The molecule has 1 saturated heterocycles. The zero-order valence-electron chi connectivity index (χ0n) is 19.4. The van der Waals surface area contributed by atoms with Gasteiger partial charge in [-0.3, -0.25) is 0 Å². The molecule has 2 fully saturated rings. The topological polar surface area (TPSA) is 127 Å². The number of hydrogen-bond donors (Lipinski definition) is 4. The molecule has 0 spiro atoms. The first-order valence-corrected chi connectivity index (χ1v) is 11.9. The van der Waals surface area contributed by atoms with Crippen LogP contribution in [0.15, 0.2) is 18.2 Å². The maximum atomic E-state index is 14.7. The van der Waals surface area contributed by atoms with Gasteiger partial charge in [-0.25, -0.2) is 4.39 Å². The van der Waals surface area contributed by atoms with Gasteiger partial charge in [0.05, 0.1) is 13.2 Å². The van der Waals surface area contributed by atoms with Gasteiger partial charge in [0.15, 0.2) is 11.6 Å². The smallest absolute Gasteiger partial charge is 0.236 e. The SMILES string of the molecule is CCC(C1CCCN1)N(c1ccc(OC)c(F)c1)c1nc(N)nc(NCC2CCC(N)C2)n1. The highest BCUT2D eigenvalue weighted by Crippen LogP contribution is 2.33. The molecular formula is C23H35FN8O. The number of nitrogens with zero attached hydrogens (tertiary/aromatic N) is 4. The van der Waals surface area contributed by atoms with Crippen LogP contribution in [-0.2, 0) is 0 Å². The van der Waals surface area contributed by atoms with E-state index in [1.807, 2.05) is 11.0 Å². The Hall–Kier alpha value is -2.72. The molecule has 1 saturated carbocycles. The summed E-state index contributed by atoms with van der Waals surface area (Å²) in [5.74, 6) is 1.19. The fourth-order valence-electron chi connectivity index (χ4n) is 5.05. The molecule has 9 nitrogen and oxygen atoms in total. The maximum absolute atomic E-state index is 14.7. The van der Waals surface area contributed by atoms with Crippen molar-refractivity contribution >= 4 is 23.5 Å². The third-order valence-corrected chi connectivity index (χ3v) is 6.71. The number of nitrogen functional groups attached to an aromatic ring is 1. The minimum absolute atomic E-state index is 0.0165. The van der Waals surface area contributed by atoms with Crippen molar-refractivity contribution in [1.29, 1.82) is 0 Å². The average Bonchev–Trinajstić information content (AvgIpc) is 3.47. The molecule has 4 unspecified atom stereocenters. The molecule has 6 N–H and O–H groups in total. The Morgan fingerprint density at radius 1 is 1.27 bits per heavy atom. The average molecular weight is 459 g/mol. The van der Waals surface area contributed by atoms with Gasteiger partial charge in [0.2, 0.25) is 17.8 Å². The Morgan fingerprint density at radius 2 is 2.12 bits per heavy atom. The van der Waals surface area contributed by atoms with Crippen molar-refractivity contribution in [3.8, 4) is 5.75 Å². The first-order chi connectivity index (χ1) is 16.0. The van der Waals surface area contributed by atoms with Crippen LogP contribution >= 0.6 is 0 Å². The first kappa shape index (κ1) is 23.4. The zero-order chi connectivity index (χ0) is 23.4. The number of rotatable bonds is 9.